The van der Waals surface area contributed by atoms with E-state index in [1.54, 1.807) is 0 Å². The SMILES string of the molecule is CC(=O)N[C@H]1[C@H](O)O[C@H](CO[C@]2(C(=O)O)C[C@H](O)[C@@H](NC(C)=O)[C@H]([C@H](O)[C@H](O)CO)O2)C[C@@H]1O[C@@H]1O[C@H](CO)[C@H](O)[C@H](O[C@]2(C(=O)O)C[C@H](O)[C@@H](NC(C)=O)[C@H]([C@@H](O)[C@H](O)CO)O2)[C@H]1O. The van der Waals surface area contributed by atoms with Gasteiger partial charge in [0, 0.05) is 40.0 Å². The van der Waals surface area contributed by atoms with Crippen LogP contribution in [-0.4, -0.2) is 255 Å². The lowest BCUT2D eigenvalue weighted by Crippen LogP contribution is -2.70. The number of ether oxygens (including phenoxy) is 7. The molecular weight excluding hydrogens is 890 g/mol. The van der Waals surface area contributed by atoms with E-state index in [4.69, 9.17) is 33.2 Å². The van der Waals surface area contributed by atoms with Gasteiger partial charge in [0.1, 0.15) is 67.1 Å². The number of aliphatic carboxylic acids is 2. The van der Waals surface area contributed by atoms with Crippen LogP contribution in [0.2, 0.25) is 0 Å². The largest absolute Gasteiger partial charge is 0.477 e. The molecule has 29 nitrogen and oxygen atoms in total. The fourth-order valence-electron chi connectivity index (χ4n) is 8.02. The lowest BCUT2D eigenvalue weighted by Gasteiger charge is -2.50. The fraction of sp³-hybridized carbons (Fsp3) is 0.861. The number of amides is 3. The standard InChI is InChI=1S/C36H59N3O26/c1-11(43)37-21-15(46)5-35(33(55)56,63-28(21)24(50)17(48)7-40)59-10-14-4-19(23(31(54)60-14)39-13(3)45)61-32-27(53)30(26(52)20(9-42)62-32)65-36(34(57)58)6-16(47)22(38-12(2)44)29(64-36)25(51)18(49)8-41/h14-32,40-42,46-54H,4-10H2,1-3H3,(H,37,43)(H,38,44)(H,39,45)(H,55,56)(H,57,58)/t14-,15-,16-,17+,18+,19-,20+,21+,22+,23+,24+,25-,26-,27+,28+,29+,30-,31+,32+,35+,36-/m0/s1. The Bertz CT molecular complexity index is 1650. The molecular formula is C36H59N3O26. The third-order valence-corrected chi connectivity index (χ3v) is 11.2. The number of hydrogen-bond donors (Lipinski definition) is 17. The molecule has 0 aromatic rings. The van der Waals surface area contributed by atoms with E-state index < -0.39 is 203 Å². The van der Waals surface area contributed by atoms with Crippen LogP contribution in [0.25, 0.3) is 0 Å². The van der Waals surface area contributed by atoms with Gasteiger partial charge >= 0.3 is 11.9 Å². The van der Waals surface area contributed by atoms with E-state index in [0.29, 0.717) is 0 Å². The minimum atomic E-state index is -3.14. The van der Waals surface area contributed by atoms with Crippen LogP contribution in [0.3, 0.4) is 0 Å². The molecule has 0 aliphatic carbocycles. The summed E-state index contributed by atoms with van der Waals surface area (Å²) in [5.74, 6) is -12.3. The van der Waals surface area contributed by atoms with Gasteiger partial charge in [-0.15, -0.1) is 0 Å². The van der Waals surface area contributed by atoms with E-state index in [2.05, 4.69) is 16.0 Å². The van der Waals surface area contributed by atoms with E-state index in [1.165, 1.54) is 0 Å². The first-order valence-corrected chi connectivity index (χ1v) is 20.2. The zero-order chi connectivity index (χ0) is 48.9. The molecule has 3 amide bonds. The summed E-state index contributed by atoms with van der Waals surface area (Å²) in [5.41, 5.74) is 0. The van der Waals surface area contributed by atoms with Gasteiger partial charge in [-0.1, -0.05) is 0 Å². The number of hydrogen-bond acceptors (Lipinski definition) is 24. The molecule has 0 saturated carbocycles. The minimum Gasteiger partial charge on any atom is -0.477 e. The van der Waals surface area contributed by atoms with Gasteiger partial charge in [-0.2, -0.15) is 0 Å². The molecule has 21 atom stereocenters. The van der Waals surface area contributed by atoms with Crippen molar-refractivity contribution >= 4 is 29.7 Å². The molecule has 4 heterocycles. The Labute approximate surface area is 368 Å². The summed E-state index contributed by atoms with van der Waals surface area (Å²) in [6, 6.07) is -4.71. The van der Waals surface area contributed by atoms with Crippen molar-refractivity contribution < 1.29 is 129 Å². The molecule has 0 bridgehead atoms. The van der Waals surface area contributed by atoms with Gasteiger partial charge in [-0.05, 0) is 0 Å². The maximum atomic E-state index is 12.9. The molecule has 0 spiro atoms. The van der Waals surface area contributed by atoms with Crippen LogP contribution in [0.4, 0.5) is 0 Å². The van der Waals surface area contributed by atoms with E-state index in [-0.39, 0.29) is 0 Å². The molecule has 0 unspecified atom stereocenters. The molecule has 0 radical (unpaired) electrons. The van der Waals surface area contributed by atoms with Gasteiger partial charge in [-0.3, -0.25) is 14.4 Å². The fourth-order valence-corrected chi connectivity index (χ4v) is 8.02. The summed E-state index contributed by atoms with van der Waals surface area (Å²) in [4.78, 5) is 61.7. The number of carboxylic acid groups (broad SMARTS) is 2. The Morgan fingerprint density at radius 3 is 1.58 bits per heavy atom. The average Bonchev–Trinajstić information content (AvgIpc) is 3.23. The number of aliphatic hydroxyl groups is 12. The van der Waals surface area contributed by atoms with E-state index in [9.17, 15) is 95.5 Å². The molecule has 4 saturated heterocycles. The summed E-state index contributed by atoms with van der Waals surface area (Å²) in [5, 5.41) is 154. The van der Waals surface area contributed by atoms with Crippen molar-refractivity contribution in [2.75, 3.05) is 26.4 Å². The third-order valence-electron chi connectivity index (χ3n) is 11.2. The minimum absolute atomic E-state index is 0.514. The van der Waals surface area contributed by atoms with E-state index in [1.807, 2.05) is 0 Å². The second-order valence-electron chi connectivity index (χ2n) is 16.1. The smallest absolute Gasteiger partial charge is 0.364 e. The number of carbonyl (C=O) groups is 5. The summed E-state index contributed by atoms with van der Waals surface area (Å²) in [6.07, 6.45) is -34.1. The highest BCUT2D eigenvalue weighted by Gasteiger charge is 2.61. The summed E-state index contributed by atoms with van der Waals surface area (Å²) in [7, 11) is 0. The number of nitrogens with one attached hydrogen (secondary N) is 3. The average molecular weight is 950 g/mol. The zero-order valence-corrected chi connectivity index (χ0v) is 35.1. The molecule has 4 aliphatic rings. The number of carboxylic acids is 2. The molecule has 0 aromatic carbocycles. The van der Waals surface area contributed by atoms with Crippen molar-refractivity contribution in [3.05, 3.63) is 0 Å². The van der Waals surface area contributed by atoms with Crippen molar-refractivity contribution in [1.82, 2.24) is 16.0 Å². The molecule has 17 N–H and O–H groups in total. The van der Waals surface area contributed by atoms with Crippen molar-refractivity contribution in [2.24, 2.45) is 0 Å². The highest BCUT2D eigenvalue weighted by molar-refractivity contribution is 5.77. The van der Waals surface area contributed by atoms with E-state index in [0.717, 1.165) is 20.8 Å². The Kier molecular flexibility index (Phi) is 18.8. The Morgan fingerprint density at radius 2 is 1.14 bits per heavy atom. The molecule has 0 aromatic heterocycles. The first-order chi connectivity index (χ1) is 30.3. The molecule has 29 heteroatoms. The van der Waals surface area contributed by atoms with Gasteiger partial charge in [-0.25, -0.2) is 9.59 Å². The summed E-state index contributed by atoms with van der Waals surface area (Å²) in [6.45, 7) is -1.02. The maximum absolute atomic E-state index is 12.9. The second-order valence-corrected chi connectivity index (χ2v) is 16.1. The van der Waals surface area contributed by atoms with E-state index >= 15 is 0 Å². The van der Waals surface area contributed by atoms with Gasteiger partial charge < -0.3 is 121 Å². The lowest BCUT2D eigenvalue weighted by molar-refractivity contribution is -0.377. The predicted molar refractivity (Wildman–Crippen MR) is 202 cm³/mol. The van der Waals surface area contributed by atoms with Crippen LogP contribution >= 0.6 is 0 Å². The first-order valence-electron chi connectivity index (χ1n) is 20.2. The van der Waals surface area contributed by atoms with Crippen molar-refractivity contribution in [3.8, 4) is 0 Å². The van der Waals surface area contributed by atoms with Gasteiger partial charge in [0.2, 0.25) is 17.7 Å². The number of carbonyl (C=O) groups excluding carboxylic acids is 3. The molecule has 4 aliphatic heterocycles. The molecule has 4 rings (SSSR count). The first kappa shape index (κ1) is 54.2. The molecule has 65 heavy (non-hydrogen) atoms. The van der Waals surface area contributed by atoms with Crippen LogP contribution in [0, 0.1) is 0 Å². The van der Waals surface area contributed by atoms with Crippen molar-refractivity contribution in [1.29, 1.82) is 0 Å². The van der Waals surface area contributed by atoms with Crippen LogP contribution in [-0.2, 0) is 57.1 Å². The van der Waals surface area contributed by atoms with Gasteiger partial charge in [0.15, 0.2) is 12.6 Å². The third kappa shape index (κ3) is 12.4. The van der Waals surface area contributed by atoms with Crippen molar-refractivity contribution in [3.63, 3.8) is 0 Å². The monoisotopic (exact) mass is 949 g/mol. The molecule has 374 valence electrons. The summed E-state index contributed by atoms with van der Waals surface area (Å²) >= 11 is 0. The van der Waals surface area contributed by atoms with Gasteiger partial charge in [0.05, 0.1) is 62.9 Å². The topological polar surface area (TPSA) is 469 Å². The molecule has 4 fully saturated rings. The Morgan fingerprint density at radius 1 is 0.677 bits per heavy atom. The number of rotatable bonds is 19. The number of aliphatic hydroxyl groups excluding tert-OH is 12. The van der Waals surface area contributed by atoms with Crippen LogP contribution in [0.5, 0.6) is 0 Å². The van der Waals surface area contributed by atoms with Crippen LogP contribution in [0.15, 0.2) is 0 Å². The Balaban J connectivity index is 1.63. The normalized spacial score (nSPS) is 40.7. The quantitative estimate of drug-likeness (QED) is 0.0572. The van der Waals surface area contributed by atoms with Gasteiger partial charge in [0.25, 0.3) is 11.6 Å². The highest BCUT2D eigenvalue weighted by Crippen LogP contribution is 2.39. The van der Waals surface area contributed by atoms with Crippen LogP contribution in [0.1, 0.15) is 40.0 Å². The summed E-state index contributed by atoms with van der Waals surface area (Å²) < 4.78 is 39.6. The lowest BCUT2D eigenvalue weighted by atomic mass is 9.88. The zero-order valence-electron chi connectivity index (χ0n) is 35.1. The van der Waals surface area contributed by atoms with Crippen LogP contribution < -0.4 is 16.0 Å². The highest BCUT2D eigenvalue weighted by atomic mass is 16.8. The maximum Gasteiger partial charge on any atom is 0.364 e. The second kappa shape index (κ2) is 22.6. The Hall–Kier alpha value is -3.41. The van der Waals surface area contributed by atoms with Crippen molar-refractivity contribution in [2.45, 2.75) is 168 Å². The predicted octanol–water partition coefficient (Wildman–Crippen LogP) is -9.88.